The predicted molar refractivity (Wildman–Crippen MR) is 137 cm³/mol. The summed E-state index contributed by atoms with van der Waals surface area (Å²) in [4.78, 5) is 36.5. The second-order valence-electron chi connectivity index (χ2n) is 14.3. The van der Waals surface area contributed by atoms with Crippen molar-refractivity contribution in [1.29, 1.82) is 0 Å². The average molecular weight is 547 g/mol. The van der Waals surface area contributed by atoms with Gasteiger partial charge in [-0.2, -0.15) is 0 Å². The van der Waals surface area contributed by atoms with Gasteiger partial charge in [0, 0.05) is 53.6 Å². The van der Waals surface area contributed by atoms with Crippen molar-refractivity contribution < 1.29 is 43.5 Å². The number of fused-ring (bicyclic) bond motifs is 3. The van der Waals surface area contributed by atoms with Gasteiger partial charge in [-0.3, -0.25) is 9.59 Å². The van der Waals surface area contributed by atoms with Crippen LogP contribution in [0.4, 0.5) is 0 Å². The number of carbonyl (C=O) groups excluding carboxylic acids is 3. The van der Waals surface area contributed by atoms with Crippen molar-refractivity contribution in [1.82, 2.24) is 0 Å². The van der Waals surface area contributed by atoms with Crippen molar-refractivity contribution in [3.63, 3.8) is 0 Å². The van der Waals surface area contributed by atoms with E-state index >= 15 is 0 Å². The van der Waals surface area contributed by atoms with Crippen LogP contribution >= 0.6 is 0 Å². The molecule has 39 heavy (non-hydrogen) atoms. The van der Waals surface area contributed by atoms with Crippen molar-refractivity contribution in [3.8, 4) is 0 Å². The topological polar surface area (TPSA) is 132 Å². The van der Waals surface area contributed by atoms with Gasteiger partial charge >= 0.3 is 17.9 Å². The van der Waals surface area contributed by atoms with E-state index in [0.717, 1.165) is 12.8 Å². The number of rotatable bonds is 3. The first-order valence-electron chi connectivity index (χ1n) is 14.4. The van der Waals surface area contributed by atoms with Gasteiger partial charge in [0.05, 0.1) is 12.2 Å². The average Bonchev–Trinajstić information content (AvgIpc) is 3.37. The van der Waals surface area contributed by atoms with Gasteiger partial charge in [0.1, 0.15) is 17.8 Å². The molecule has 9 heteroatoms. The van der Waals surface area contributed by atoms with Gasteiger partial charge in [-0.05, 0) is 43.4 Å². The molecule has 0 bridgehead atoms. The van der Waals surface area contributed by atoms with E-state index in [1.807, 2.05) is 0 Å². The number of esters is 3. The second-order valence-corrected chi connectivity index (χ2v) is 14.3. The molecule has 1 spiro atoms. The molecule has 12 atom stereocenters. The largest absolute Gasteiger partial charge is 0.462 e. The van der Waals surface area contributed by atoms with Crippen LogP contribution in [0.3, 0.4) is 0 Å². The van der Waals surface area contributed by atoms with Gasteiger partial charge in [-0.25, -0.2) is 4.79 Å². The summed E-state index contributed by atoms with van der Waals surface area (Å²) in [5.41, 5.74) is -2.09. The molecule has 4 saturated carbocycles. The van der Waals surface area contributed by atoms with Gasteiger partial charge in [0.2, 0.25) is 6.29 Å². The van der Waals surface area contributed by atoms with E-state index in [-0.39, 0.29) is 35.8 Å². The Labute approximate surface area is 229 Å². The summed E-state index contributed by atoms with van der Waals surface area (Å²) < 4.78 is 23.6. The van der Waals surface area contributed by atoms with Gasteiger partial charge in [0.25, 0.3) is 0 Å². The molecular formula is C30H42O9. The number of hydrogen-bond donors (Lipinski definition) is 2. The number of carbonyl (C=O) groups is 3. The Kier molecular flexibility index (Phi) is 5.63. The van der Waals surface area contributed by atoms with E-state index in [2.05, 4.69) is 34.6 Å². The monoisotopic (exact) mass is 546 g/mol. The molecule has 4 aliphatic carbocycles. The molecule has 0 aromatic carbocycles. The Hall–Kier alpha value is -1.97. The zero-order valence-corrected chi connectivity index (χ0v) is 24.0. The summed E-state index contributed by atoms with van der Waals surface area (Å²) in [7, 11) is 0. The molecular weight excluding hydrogens is 504 g/mol. The van der Waals surface area contributed by atoms with Crippen molar-refractivity contribution in [3.05, 3.63) is 11.6 Å². The molecule has 2 N–H and O–H groups in total. The van der Waals surface area contributed by atoms with E-state index in [1.54, 1.807) is 0 Å². The molecule has 0 amide bonds. The molecule has 0 radical (unpaired) electrons. The van der Waals surface area contributed by atoms with Crippen molar-refractivity contribution in [2.24, 2.45) is 39.4 Å². The van der Waals surface area contributed by atoms with Crippen LogP contribution in [0, 0.1) is 39.4 Å². The lowest BCUT2D eigenvalue weighted by Crippen LogP contribution is -2.73. The normalized spacial score (nSPS) is 52.8. The molecule has 0 unspecified atom stereocenters. The van der Waals surface area contributed by atoms with Crippen molar-refractivity contribution >= 4 is 17.9 Å². The third-order valence-corrected chi connectivity index (χ3v) is 12.6. The lowest BCUT2D eigenvalue weighted by Gasteiger charge is -2.70. The fourth-order valence-electron chi connectivity index (χ4n) is 11.0. The first-order chi connectivity index (χ1) is 18.0. The summed E-state index contributed by atoms with van der Waals surface area (Å²) in [6.45, 7) is 13.5. The second kappa shape index (κ2) is 8.07. The van der Waals surface area contributed by atoms with Crippen LogP contribution in [0.1, 0.15) is 80.6 Å². The van der Waals surface area contributed by atoms with Crippen LogP contribution in [0.2, 0.25) is 0 Å². The highest BCUT2D eigenvalue weighted by atomic mass is 16.6. The highest BCUT2D eigenvalue weighted by molar-refractivity contribution is 5.85. The summed E-state index contributed by atoms with van der Waals surface area (Å²) in [5.74, 6) is -1.50. The fourth-order valence-corrected chi connectivity index (χ4v) is 11.0. The lowest BCUT2D eigenvalue weighted by atomic mass is 9.35. The van der Waals surface area contributed by atoms with Crippen molar-refractivity contribution in [2.45, 2.75) is 117 Å². The van der Waals surface area contributed by atoms with Gasteiger partial charge < -0.3 is 29.2 Å². The first-order valence-corrected chi connectivity index (χ1v) is 14.4. The minimum Gasteiger partial charge on any atom is -0.462 e. The number of epoxide rings is 1. The number of ether oxygens (including phenoxy) is 4. The first kappa shape index (κ1) is 27.2. The Bertz CT molecular complexity index is 1160. The maximum Gasteiger partial charge on any atom is 0.333 e. The molecule has 6 rings (SSSR count). The minimum atomic E-state index is -1.25. The SMILES string of the molecule is CC(=O)O[C@H]1C[C@@H](OC(C)=O)C(C)(C)[C@@H]2C[C@@H](O)[C@]3(C)[C@H](CC[C@@]4(C)[C@H](C5=CC(=O)O[C@@H]5O)C[C@H]5O[C@@]534)[C@@]12C. The maximum absolute atomic E-state index is 12.4. The van der Waals surface area contributed by atoms with E-state index in [4.69, 9.17) is 18.9 Å². The Morgan fingerprint density at radius 3 is 2.18 bits per heavy atom. The quantitative estimate of drug-likeness (QED) is 0.311. The third kappa shape index (κ3) is 3.15. The lowest BCUT2D eigenvalue weighted by molar-refractivity contribution is -0.288. The molecule has 9 nitrogen and oxygen atoms in total. The van der Waals surface area contributed by atoms with Crippen LogP contribution in [-0.4, -0.2) is 64.4 Å². The number of aliphatic hydroxyl groups is 2. The molecule has 1 saturated heterocycles. The van der Waals surface area contributed by atoms with E-state index in [9.17, 15) is 24.6 Å². The molecule has 5 fully saturated rings. The molecule has 2 aliphatic heterocycles. The summed E-state index contributed by atoms with van der Waals surface area (Å²) in [6.07, 6.45) is 1.45. The smallest absolute Gasteiger partial charge is 0.333 e. The van der Waals surface area contributed by atoms with Crippen LogP contribution in [0.25, 0.3) is 0 Å². The molecule has 0 aromatic heterocycles. The van der Waals surface area contributed by atoms with Gasteiger partial charge in [0.15, 0.2) is 0 Å². The van der Waals surface area contributed by atoms with E-state index < -0.39 is 57.8 Å². The number of cyclic esters (lactones) is 1. The summed E-state index contributed by atoms with van der Waals surface area (Å²) in [6, 6.07) is 0. The van der Waals surface area contributed by atoms with Crippen LogP contribution in [0.5, 0.6) is 0 Å². The van der Waals surface area contributed by atoms with E-state index in [1.165, 1.54) is 19.9 Å². The van der Waals surface area contributed by atoms with Crippen molar-refractivity contribution in [2.75, 3.05) is 0 Å². The minimum absolute atomic E-state index is 0.0437. The van der Waals surface area contributed by atoms with Crippen LogP contribution in [-0.2, 0) is 33.3 Å². The Balaban J connectivity index is 1.44. The van der Waals surface area contributed by atoms with Gasteiger partial charge in [-0.15, -0.1) is 0 Å². The Morgan fingerprint density at radius 2 is 1.59 bits per heavy atom. The predicted octanol–water partition coefficient (Wildman–Crippen LogP) is 3.05. The zero-order chi connectivity index (χ0) is 28.5. The van der Waals surface area contributed by atoms with Crippen LogP contribution < -0.4 is 0 Å². The molecule has 216 valence electrons. The van der Waals surface area contributed by atoms with Crippen LogP contribution in [0.15, 0.2) is 11.6 Å². The standard InChI is InChI=1S/C30H42O9/c1-14(31)36-21-13-22(37-15(2)32)28(6)18-8-9-27(5)17(16-10-24(34)38-25(16)35)11-23-30(27,39-23)29(18,7)20(33)12-19(28)26(21,3)4/h10,17-23,25,33,35H,8-9,11-13H2,1-7H3/t17-,18+,19-,20+,21+,22-,23+,25-,27-,28+,29-,30+/m0/s1. The fraction of sp³-hybridized carbons (Fsp3) is 0.833. The van der Waals surface area contributed by atoms with Gasteiger partial charge in [-0.1, -0.05) is 34.6 Å². The summed E-state index contributed by atoms with van der Waals surface area (Å²) >= 11 is 0. The number of aliphatic hydroxyl groups excluding tert-OH is 2. The molecule has 0 aromatic rings. The third-order valence-electron chi connectivity index (χ3n) is 12.6. The Morgan fingerprint density at radius 1 is 0.949 bits per heavy atom. The zero-order valence-electron chi connectivity index (χ0n) is 24.0. The highest BCUT2D eigenvalue weighted by Crippen LogP contribution is 2.82. The molecule has 2 heterocycles. The van der Waals surface area contributed by atoms with E-state index in [0.29, 0.717) is 24.8 Å². The highest BCUT2D eigenvalue weighted by Gasteiger charge is 2.87. The molecule has 6 aliphatic rings. The summed E-state index contributed by atoms with van der Waals surface area (Å²) in [5, 5.41) is 22.7. The number of hydrogen-bond acceptors (Lipinski definition) is 9. The maximum atomic E-state index is 12.4.